The first-order valence-corrected chi connectivity index (χ1v) is 9.83. The van der Waals surface area contributed by atoms with Crippen LogP contribution in [-0.4, -0.2) is 18.7 Å². The first-order chi connectivity index (χ1) is 14.0. The first-order valence-electron chi connectivity index (χ1n) is 9.45. The average molecular weight is 411 g/mol. The summed E-state index contributed by atoms with van der Waals surface area (Å²) in [4.78, 5) is 11.9. The number of hydrazone groups is 1. The van der Waals surface area contributed by atoms with Gasteiger partial charge in [-0.15, -0.1) is 0 Å². The zero-order valence-electron chi connectivity index (χ0n) is 16.4. The quantitative estimate of drug-likeness (QED) is 0.386. The number of ether oxygens (including phenoxy) is 1. The van der Waals surface area contributed by atoms with Gasteiger partial charge in [-0.3, -0.25) is 4.79 Å². The molecule has 0 aliphatic rings. The summed E-state index contributed by atoms with van der Waals surface area (Å²) in [6, 6.07) is 18.7. The van der Waals surface area contributed by atoms with Gasteiger partial charge in [-0.1, -0.05) is 37.6 Å². The molecule has 0 saturated carbocycles. The van der Waals surface area contributed by atoms with Crippen LogP contribution >= 0.6 is 11.6 Å². The molecule has 0 aliphatic heterocycles. The van der Waals surface area contributed by atoms with Gasteiger partial charge in [-0.2, -0.15) is 5.10 Å². The van der Waals surface area contributed by atoms with Crippen LogP contribution in [0.5, 0.6) is 5.75 Å². The lowest BCUT2D eigenvalue weighted by Gasteiger charge is -2.10. The van der Waals surface area contributed by atoms with Crippen LogP contribution < -0.4 is 10.2 Å². The lowest BCUT2D eigenvalue weighted by Crippen LogP contribution is -2.24. The summed E-state index contributed by atoms with van der Waals surface area (Å²) in [5.74, 6) is 2.02. The molecule has 150 valence electrons. The van der Waals surface area contributed by atoms with E-state index in [2.05, 4.69) is 24.4 Å². The highest BCUT2D eigenvalue weighted by Crippen LogP contribution is 2.23. The van der Waals surface area contributed by atoms with E-state index < -0.39 is 0 Å². The minimum atomic E-state index is -0.350. The van der Waals surface area contributed by atoms with E-state index in [4.69, 9.17) is 20.8 Å². The van der Waals surface area contributed by atoms with Gasteiger partial charge in [0, 0.05) is 10.6 Å². The third-order valence-electron chi connectivity index (χ3n) is 4.57. The Balaban J connectivity index is 1.47. The van der Waals surface area contributed by atoms with Crippen molar-refractivity contribution in [3.05, 3.63) is 77.0 Å². The molecule has 0 spiro atoms. The van der Waals surface area contributed by atoms with Gasteiger partial charge in [0.25, 0.3) is 5.91 Å². The molecule has 1 heterocycles. The van der Waals surface area contributed by atoms with Gasteiger partial charge in [0.1, 0.15) is 17.3 Å². The van der Waals surface area contributed by atoms with Gasteiger partial charge >= 0.3 is 0 Å². The Bertz CT molecular complexity index is 963. The third kappa shape index (κ3) is 5.96. The zero-order chi connectivity index (χ0) is 20.6. The second kappa shape index (κ2) is 9.94. The number of nitrogens with one attached hydrogen (secondary N) is 1. The van der Waals surface area contributed by atoms with E-state index in [-0.39, 0.29) is 12.5 Å². The highest BCUT2D eigenvalue weighted by atomic mass is 35.5. The van der Waals surface area contributed by atoms with Crippen molar-refractivity contribution < 1.29 is 13.9 Å². The maximum Gasteiger partial charge on any atom is 0.277 e. The summed E-state index contributed by atoms with van der Waals surface area (Å²) < 4.78 is 11.2. The topological polar surface area (TPSA) is 63.8 Å². The van der Waals surface area contributed by atoms with Gasteiger partial charge in [0.2, 0.25) is 0 Å². The largest absolute Gasteiger partial charge is 0.484 e. The number of hydrogen-bond donors (Lipinski definition) is 1. The van der Waals surface area contributed by atoms with Crippen LogP contribution in [0.3, 0.4) is 0 Å². The minimum Gasteiger partial charge on any atom is -0.484 e. The van der Waals surface area contributed by atoms with E-state index in [1.807, 2.05) is 42.5 Å². The van der Waals surface area contributed by atoms with Crippen molar-refractivity contribution in [2.75, 3.05) is 6.61 Å². The first kappa shape index (κ1) is 20.7. The molecule has 29 heavy (non-hydrogen) atoms. The number of hydrogen-bond acceptors (Lipinski definition) is 4. The van der Waals surface area contributed by atoms with Gasteiger partial charge < -0.3 is 9.15 Å². The maximum atomic E-state index is 11.9. The maximum absolute atomic E-state index is 11.9. The number of rotatable bonds is 8. The molecule has 5 nitrogen and oxygen atoms in total. The number of halogens is 1. The Morgan fingerprint density at radius 1 is 1.14 bits per heavy atom. The van der Waals surface area contributed by atoms with Crippen LogP contribution in [0.1, 0.15) is 37.5 Å². The molecule has 0 fully saturated rings. The number of nitrogens with zero attached hydrogens (tertiary/aromatic N) is 1. The molecule has 0 bridgehead atoms. The molecule has 1 aromatic heterocycles. The summed E-state index contributed by atoms with van der Waals surface area (Å²) in [5, 5.41) is 4.57. The number of carbonyl (C=O) groups excluding carboxylic acids is 1. The van der Waals surface area contributed by atoms with E-state index in [1.165, 1.54) is 11.8 Å². The SMILES string of the molecule is CC[C@H](C)c1ccc(OCC(=O)N/N=C/c2ccc(-c3ccc(Cl)cc3)o2)cc1. The number of amides is 1. The molecule has 0 radical (unpaired) electrons. The summed E-state index contributed by atoms with van der Waals surface area (Å²) in [6.07, 6.45) is 2.52. The molecule has 6 heteroatoms. The monoisotopic (exact) mass is 410 g/mol. The van der Waals surface area contributed by atoms with Crippen LogP contribution in [-0.2, 0) is 4.79 Å². The summed E-state index contributed by atoms with van der Waals surface area (Å²) in [6.45, 7) is 4.22. The van der Waals surface area contributed by atoms with E-state index in [0.717, 1.165) is 12.0 Å². The highest BCUT2D eigenvalue weighted by Gasteiger charge is 2.06. The lowest BCUT2D eigenvalue weighted by atomic mass is 9.99. The fourth-order valence-corrected chi connectivity index (χ4v) is 2.79. The number of benzene rings is 2. The highest BCUT2D eigenvalue weighted by molar-refractivity contribution is 6.30. The van der Waals surface area contributed by atoms with E-state index in [1.54, 1.807) is 18.2 Å². The normalized spacial score (nSPS) is 12.1. The number of carbonyl (C=O) groups is 1. The summed E-state index contributed by atoms with van der Waals surface area (Å²) in [5.41, 5.74) is 4.59. The Morgan fingerprint density at radius 2 is 1.86 bits per heavy atom. The van der Waals surface area contributed by atoms with Gasteiger partial charge in [-0.05, 0) is 66.4 Å². The minimum absolute atomic E-state index is 0.117. The molecular formula is C23H23ClN2O3. The Labute approximate surface area is 175 Å². The predicted octanol–water partition coefficient (Wildman–Crippen LogP) is 5.64. The van der Waals surface area contributed by atoms with Crippen LogP contribution in [0.4, 0.5) is 0 Å². The van der Waals surface area contributed by atoms with Gasteiger partial charge in [0.15, 0.2) is 6.61 Å². The third-order valence-corrected chi connectivity index (χ3v) is 4.82. The van der Waals surface area contributed by atoms with E-state index in [9.17, 15) is 4.79 Å². The van der Waals surface area contributed by atoms with Crippen molar-refractivity contribution >= 4 is 23.7 Å². The number of furan rings is 1. The Kier molecular flexibility index (Phi) is 7.09. The molecular weight excluding hydrogens is 388 g/mol. The van der Waals surface area contributed by atoms with Gasteiger partial charge in [0.05, 0.1) is 6.21 Å². The fourth-order valence-electron chi connectivity index (χ4n) is 2.67. The molecule has 3 aromatic rings. The molecule has 1 atom stereocenters. The second-order valence-corrected chi connectivity index (χ2v) is 7.11. The van der Waals surface area contributed by atoms with Crippen LogP contribution in [0.25, 0.3) is 11.3 Å². The zero-order valence-corrected chi connectivity index (χ0v) is 17.1. The molecule has 1 amide bonds. The molecule has 1 N–H and O–H groups in total. The molecule has 0 aliphatic carbocycles. The van der Waals surface area contributed by atoms with Crippen LogP contribution in [0.2, 0.25) is 5.02 Å². The Hall–Kier alpha value is -3.05. The van der Waals surface area contributed by atoms with Crippen molar-refractivity contribution in [3.8, 4) is 17.1 Å². The van der Waals surface area contributed by atoms with Crippen molar-refractivity contribution in [2.45, 2.75) is 26.2 Å². The summed E-state index contributed by atoms with van der Waals surface area (Å²) in [7, 11) is 0. The molecule has 3 rings (SSSR count). The standard InChI is InChI=1S/C23H23ClN2O3/c1-3-16(2)17-6-10-20(11-7-17)28-15-23(27)26-25-14-21-12-13-22(29-21)18-4-8-19(24)9-5-18/h4-14,16H,3,15H2,1-2H3,(H,26,27)/b25-14+/t16-/m0/s1. The van der Waals surface area contributed by atoms with Gasteiger partial charge in [-0.25, -0.2) is 5.43 Å². The predicted molar refractivity (Wildman–Crippen MR) is 116 cm³/mol. The molecule has 0 saturated heterocycles. The lowest BCUT2D eigenvalue weighted by molar-refractivity contribution is -0.123. The van der Waals surface area contributed by atoms with Crippen molar-refractivity contribution in [3.63, 3.8) is 0 Å². The van der Waals surface area contributed by atoms with Crippen molar-refractivity contribution in [1.29, 1.82) is 0 Å². The second-order valence-electron chi connectivity index (χ2n) is 6.67. The average Bonchev–Trinajstić information content (AvgIpc) is 3.21. The fraction of sp³-hybridized carbons (Fsp3) is 0.217. The van der Waals surface area contributed by atoms with E-state index in [0.29, 0.717) is 28.2 Å². The summed E-state index contributed by atoms with van der Waals surface area (Å²) >= 11 is 5.89. The van der Waals surface area contributed by atoms with Crippen molar-refractivity contribution in [2.24, 2.45) is 5.10 Å². The van der Waals surface area contributed by atoms with Crippen LogP contribution in [0.15, 0.2) is 70.2 Å². The molecule has 2 aromatic carbocycles. The molecule has 0 unspecified atom stereocenters. The van der Waals surface area contributed by atoms with Crippen molar-refractivity contribution in [1.82, 2.24) is 5.43 Å². The van der Waals surface area contributed by atoms with E-state index >= 15 is 0 Å². The Morgan fingerprint density at radius 3 is 2.55 bits per heavy atom. The van der Waals surface area contributed by atoms with Crippen LogP contribution in [0, 0.1) is 0 Å². The smallest absolute Gasteiger partial charge is 0.277 e.